The molecule has 0 bridgehead atoms. The van der Waals surface area contributed by atoms with Crippen molar-refractivity contribution >= 4 is 11.6 Å². The molecule has 0 atom stereocenters. The second-order valence-corrected chi connectivity index (χ2v) is 6.25. The third-order valence-corrected chi connectivity index (χ3v) is 4.44. The normalized spacial score (nSPS) is 23.7. The Balaban J connectivity index is 1.80. The molecule has 4 heteroatoms. The highest BCUT2D eigenvalue weighted by Crippen LogP contribution is 2.24. The van der Waals surface area contributed by atoms with Crippen LogP contribution in [0.25, 0.3) is 0 Å². The number of nitrogens with one attached hydrogen (secondary N) is 2. The van der Waals surface area contributed by atoms with Gasteiger partial charge in [0.2, 0.25) is 0 Å². The third-order valence-electron chi connectivity index (χ3n) is 4.13. The van der Waals surface area contributed by atoms with Gasteiger partial charge in [-0.1, -0.05) is 31.9 Å². The van der Waals surface area contributed by atoms with E-state index < -0.39 is 0 Å². The Morgan fingerprint density at radius 1 is 1.32 bits per heavy atom. The second-order valence-electron chi connectivity index (χ2n) is 5.89. The average molecular weight is 284 g/mol. The number of aryl methyl sites for hydroxylation is 1. The largest absolute Gasteiger partial charge is 0.344 e. The van der Waals surface area contributed by atoms with Gasteiger partial charge >= 0.3 is 0 Å². The number of hydrogen-bond donors (Lipinski definition) is 2. The number of aromatic amines is 1. The van der Waals surface area contributed by atoms with Crippen LogP contribution in [0.3, 0.4) is 0 Å². The highest BCUT2D eigenvalue weighted by atomic mass is 35.5. The van der Waals surface area contributed by atoms with Crippen molar-refractivity contribution in [3.63, 3.8) is 0 Å². The van der Waals surface area contributed by atoms with Crippen molar-refractivity contribution < 1.29 is 0 Å². The lowest BCUT2D eigenvalue weighted by atomic mass is 9.87. The van der Waals surface area contributed by atoms with Crippen molar-refractivity contribution in [2.45, 2.75) is 71.4 Å². The summed E-state index contributed by atoms with van der Waals surface area (Å²) >= 11 is 6.18. The van der Waals surface area contributed by atoms with Crippen LogP contribution in [0, 0.1) is 5.92 Å². The van der Waals surface area contributed by atoms with E-state index in [2.05, 4.69) is 29.1 Å². The van der Waals surface area contributed by atoms with Crippen molar-refractivity contribution in [2.75, 3.05) is 0 Å². The van der Waals surface area contributed by atoms with Crippen molar-refractivity contribution in [1.82, 2.24) is 15.3 Å². The van der Waals surface area contributed by atoms with E-state index in [1.165, 1.54) is 32.1 Å². The zero-order valence-corrected chi connectivity index (χ0v) is 12.9. The van der Waals surface area contributed by atoms with E-state index in [0.717, 1.165) is 36.8 Å². The summed E-state index contributed by atoms with van der Waals surface area (Å²) in [5.41, 5.74) is 1.05. The Kier molecular flexibility index (Phi) is 5.71. The van der Waals surface area contributed by atoms with Crippen LogP contribution in [0.1, 0.15) is 63.9 Å². The fraction of sp³-hybridized carbons (Fsp3) is 0.800. The molecule has 0 aromatic carbocycles. The summed E-state index contributed by atoms with van der Waals surface area (Å²) in [6.07, 6.45) is 8.61. The topological polar surface area (TPSA) is 40.7 Å². The maximum atomic E-state index is 6.18. The SMILES string of the molecule is CCCCc1nc(Cl)c(CNC2CCC(C)CC2)[nH]1. The molecule has 108 valence electrons. The molecule has 3 nitrogen and oxygen atoms in total. The smallest absolute Gasteiger partial charge is 0.151 e. The number of nitrogens with zero attached hydrogens (tertiary/aromatic N) is 1. The zero-order valence-electron chi connectivity index (χ0n) is 12.1. The molecule has 0 spiro atoms. The van der Waals surface area contributed by atoms with Gasteiger partial charge in [0.05, 0.1) is 5.69 Å². The molecule has 0 unspecified atom stereocenters. The van der Waals surface area contributed by atoms with Crippen molar-refractivity contribution in [1.29, 1.82) is 0 Å². The number of halogens is 1. The van der Waals surface area contributed by atoms with Gasteiger partial charge in [0.25, 0.3) is 0 Å². The molecule has 0 amide bonds. The standard InChI is InChI=1S/C15H26ClN3/c1-3-4-5-14-18-13(15(16)19-14)10-17-12-8-6-11(2)7-9-12/h11-12,17H,3-10H2,1-2H3,(H,18,19). The molecule has 1 aromatic rings. The van der Waals surface area contributed by atoms with E-state index in [1.807, 2.05) is 0 Å². The first-order valence-electron chi connectivity index (χ1n) is 7.65. The Hall–Kier alpha value is -0.540. The Morgan fingerprint density at radius 3 is 2.74 bits per heavy atom. The minimum atomic E-state index is 0.641. The van der Waals surface area contributed by atoms with Crippen molar-refractivity contribution in [3.8, 4) is 0 Å². The van der Waals surface area contributed by atoms with E-state index in [1.54, 1.807) is 0 Å². The number of aromatic nitrogens is 2. The van der Waals surface area contributed by atoms with E-state index in [-0.39, 0.29) is 0 Å². The lowest BCUT2D eigenvalue weighted by Crippen LogP contribution is -2.32. The van der Waals surface area contributed by atoms with Gasteiger partial charge in [-0.2, -0.15) is 0 Å². The predicted octanol–water partition coefficient (Wildman–Crippen LogP) is 4.07. The van der Waals surface area contributed by atoms with Gasteiger partial charge in [-0.3, -0.25) is 0 Å². The Labute approximate surface area is 121 Å². The molecule has 1 aromatic heterocycles. The monoisotopic (exact) mass is 283 g/mol. The van der Waals surface area contributed by atoms with Crippen LogP contribution in [0.15, 0.2) is 0 Å². The predicted molar refractivity (Wildman–Crippen MR) is 80.5 cm³/mol. The lowest BCUT2D eigenvalue weighted by molar-refractivity contribution is 0.306. The van der Waals surface area contributed by atoms with Crippen LogP contribution in [-0.4, -0.2) is 16.0 Å². The number of hydrogen-bond acceptors (Lipinski definition) is 2. The van der Waals surface area contributed by atoms with Gasteiger partial charge in [0.1, 0.15) is 5.82 Å². The first-order valence-corrected chi connectivity index (χ1v) is 8.03. The molecule has 1 aliphatic carbocycles. The van der Waals surface area contributed by atoms with Gasteiger partial charge in [-0.05, 0) is 38.0 Å². The summed E-state index contributed by atoms with van der Waals surface area (Å²) in [7, 11) is 0. The Bertz CT molecular complexity index is 381. The molecular formula is C15H26ClN3. The van der Waals surface area contributed by atoms with E-state index >= 15 is 0 Å². The minimum absolute atomic E-state index is 0.641. The average Bonchev–Trinajstić information content (AvgIpc) is 2.76. The first kappa shape index (κ1) is 14.9. The summed E-state index contributed by atoms with van der Waals surface area (Å²) in [6, 6.07) is 0.648. The van der Waals surface area contributed by atoms with Gasteiger partial charge in [-0.25, -0.2) is 4.98 Å². The molecule has 1 heterocycles. The van der Waals surface area contributed by atoms with Crippen LogP contribution in [0.5, 0.6) is 0 Å². The molecule has 2 N–H and O–H groups in total. The lowest BCUT2D eigenvalue weighted by Gasteiger charge is -2.26. The summed E-state index contributed by atoms with van der Waals surface area (Å²) < 4.78 is 0. The molecule has 19 heavy (non-hydrogen) atoms. The van der Waals surface area contributed by atoms with Gasteiger partial charge < -0.3 is 10.3 Å². The summed E-state index contributed by atoms with van der Waals surface area (Å²) in [5, 5.41) is 4.25. The zero-order chi connectivity index (χ0) is 13.7. The van der Waals surface area contributed by atoms with Crippen LogP contribution in [0.2, 0.25) is 5.15 Å². The van der Waals surface area contributed by atoms with E-state index in [4.69, 9.17) is 11.6 Å². The Morgan fingerprint density at radius 2 is 2.05 bits per heavy atom. The van der Waals surface area contributed by atoms with Crippen LogP contribution in [-0.2, 0) is 13.0 Å². The minimum Gasteiger partial charge on any atom is -0.344 e. The highest BCUT2D eigenvalue weighted by Gasteiger charge is 2.18. The summed E-state index contributed by atoms with van der Waals surface area (Å²) in [5.74, 6) is 1.93. The van der Waals surface area contributed by atoms with Crippen molar-refractivity contribution in [3.05, 3.63) is 16.7 Å². The van der Waals surface area contributed by atoms with E-state index in [9.17, 15) is 0 Å². The number of rotatable bonds is 6. The molecule has 1 fully saturated rings. The van der Waals surface area contributed by atoms with Crippen LogP contribution in [0.4, 0.5) is 0 Å². The molecule has 0 saturated heterocycles. The highest BCUT2D eigenvalue weighted by molar-refractivity contribution is 6.30. The third kappa shape index (κ3) is 4.50. The number of imidazole rings is 1. The van der Waals surface area contributed by atoms with Gasteiger partial charge in [-0.15, -0.1) is 0 Å². The first-order chi connectivity index (χ1) is 9.19. The van der Waals surface area contributed by atoms with Gasteiger partial charge in [0, 0.05) is 19.0 Å². The molecule has 1 aliphatic rings. The van der Waals surface area contributed by atoms with E-state index in [0.29, 0.717) is 11.2 Å². The molecule has 2 rings (SSSR count). The molecule has 1 saturated carbocycles. The maximum Gasteiger partial charge on any atom is 0.151 e. The fourth-order valence-corrected chi connectivity index (χ4v) is 2.95. The number of H-pyrrole nitrogens is 1. The molecule has 0 radical (unpaired) electrons. The maximum absolute atomic E-state index is 6.18. The quantitative estimate of drug-likeness (QED) is 0.826. The fourth-order valence-electron chi connectivity index (χ4n) is 2.73. The molecular weight excluding hydrogens is 258 g/mol. The second kappa shape index (κ2) is 7.30. The summed E-state index contributed by atoms with van der Waals surface area (Å²) in [6.45, 7) is 5.36. The van der Waals surface area contributed by atoms with Crippen LogP contribution >= 0.6 is 11.6 Å². The van der Waals surface area contributed by atoms with Crippen LogP contribution < -0.4 is 5.32 Å². The summed E-state index contributed by atoms with van der Waals surface area (Å²) in [4.78, 5) is 7.75. The molecule has 0 aliphatic heterocycles. The number of unbranched alkanes of at least 4 members (excludes halogenated alkanes) is 1. The van der Waals surface area contributed by atoms with Crippen molar-refractivity contribution in [2.24, 2.45) is 5.92 Å². The van der Waals surface area contributed by atoms with Gasteiger partial charge in [0.15, 0.2) is 5.15 Å².